The summed E-state index contributed by atoms with van der Waals surface area (Å²) in [5, 5.41) is 0. The molecule has 0 atom stereocenters. The molecule has 0 bridgehead atoms. The molecule has 2 heterocycles. The minimum absolute atomic E-state index is 0.371. The molecule has 0 amide bonds. The standard InChI is InChI=1S/C26H18N2O4/c1-30-26(29)19-9-7-17(8-10-19)23-14-12-21(31-23)16-27-20-11-13-24-22(15-20)28-25(32-24)18-5-3-2-4-6-18/h2-16H,1H3. The van der Waals surface area contributed by atoms with E-state index in [1.165, 1.54) is 7.11 Å². The number of oxazole rings is 1. The fourth-order valence-electron chi connectivity index (χ4n) is 3.30. The van der Waals surface area contributed by atoms with Crippen molar-refractivity contribution in [1.82, 2.24) is 4.98 Å². The molecule has 5 aromatic rings. The van der Waals surface area contributed by atoms with Gasteiger partial charge in [-0.1, -0.05) is 30.3 Å². The van der Waals surface area contributed by atoms with Crippen LogP contribution in [0.2, 0.25) is 0 Å². The average molecular weight is 422 g/mol. The van der Waals surface area contributed by atoms with Gasteiger partial charge < -0.3 is 13.6 Å². The molecule has 2 aromatic heterocycles. The van der Waals surface area contributed by atoms with Gasteiger partial charge in [0, 0.05) is 11.1 Å². The number of rotatable bonds is 5. The number of benzene rings is 3. The summed E-state index contributed by atoms with van der Waals surface area (Å²) in [7, 11) is 1.36. The van der Waals surface area contributed by atoms with E-state index in [0.29, 0.717) is 28.6 Å². The maximum Gasteiger partial charge on any atom is 0.337 e. The van der Waals surface area contributed by atoms with Crippen LogP contribution in [0.4, 0.5) is 5.69 Å². The van der Waals surface area contributed by atoms with Gasteiger partial charge in [-0.25, -0.2) is 9.78 Å². The Hall–Kier alpha value is -4.45. The molecule has 0 unspecified atom stereocenters. The zero-order valence-electron chi connectivity index (χ0n) is 17.2. The molecule has 0 fully saturated rings. The lowest BCUT2D eigenvalue weighted by Crippen LogP contribution is -2.00. The molecule has 0 aliphatic carbocycles. The van der Waals surface area contributed by atoms with E-state index in [1.807, 2.05) is 72.8 Å². The van der Waals surface area contributed by atoms with Crippen LogP contribution >= 0.6 is 0 Å². The first-order valence-electron chi connectivity index (χ1n) is 9.98. The van der Waals surface area contributed by atoms with Gasteiger partial charge in [-0.2, -0.15) is 0 Å². The predicted molar refractivity (Wildman–Crippen MR) is 122 cm³/mol. The topological polar surface area (TPSA) is 77.8 Å². The zero-order valence-corrected chi connectivity index (χ0v) is 17.2. The second kappa shape index (κ2) is 8.35. The summed E-state index contributed by atoms with van der Waals surface area (Å²) in [6.07, 6.45) is 1.66. The smallest absolute Gasteiger partial charge is 0.337 e. The van der Waals surface area contributed by atoms with Gasteiger partial charge in [-0.05, 0) is 54.6 Å². The summed E-state index contributed by atoms with van der Waals surface area (Å²) in [6, 6.07) is 26.1. The summed E-state index contributed by atoms with van der Waals surface area (Å²) >= 11 is 0. The zero-order chi connectivity index (χ0) is 21.9. The number of carbonyl (C=O) groups excluding carboxylic acids is 1. The van der Waals surface area contributed by atoms with Gasteiger partial charge in [-0.3, -0.25) is 4.99 Å². The molecular formula is C26H18N2O4. The Balaban J connectivity index is 1.34. The van der Waals surface area contributed by atoms with Gasteiger partial charge >= 0.3 is 5.97 Å². The van der Waals surface area contributed by atoms with Crippen LogP contribution in [0, 0.1) is 0 Å². The van der Waals surface area contributed by atoms with E-state index in [-0.39, 0.29) is 5.97 Å². The normalized spacial score (nSPS) is 11.3. The lowest BCUT2D eigenvalue weighted by molar-refractivity contribution is 0.0600. The van der Waals surface area contributed by atoms with Crippen molar-refractivity contribution in [1.29, 1.82) is 0 Å². The Kier molecular flexibility index (Phi) is 5.09. The van der Waals surface area contributed by atoms with E-state index in [9.17, 15) is 4.79 Å². The van der Waals surface area contributed by atoms with Crippen LogP contribution < -0.4 is 0 Å². The van der Waals surface area contributed by atoms with Gasteiger partial charge in [0.05, 0.1) is 24.6 Å². The molecule has 0 spiro atoms. The van der Waals surface area contributed by atoms with Crippen LogP contribution in [-0.4, -0.2) is 24.3 Å². The van der Waals surface area contributed by atoms with Crippen LogP contribution in [0.5, 0.6) is 0 Å². The molecular weight excluding hydrogens is 404 g/mol. The number of ether oxygens (including phenoxy) is 1. The third kappa shape index (κ3) is 3.94. The second-order valence-electron chi connectivity index (χ2n) is 7.07. The van der Waals surface area contributed by atoms with Crippen LogP contribution in [0.3, 0.4) is 0 Å². The lowest BCUT2D eigenvalue weighted by Gasteiger charge is -2.00. The Bertz CT molecular complexity index is 1410. The van der Waals surface area contributed by atoms with Crippen molar-refractivity contribution in [3.8, 4) is 22.8 Å². The highest BCUT2D eigenvalue weighted by atomic mass is 16.5. The fraction of sp³-hybridized carbons (Fsp3) is 0.0385. The lowest BCUT2D eigenvalue weighted by atomic mass is 10.1. The summed E-state index contributed by atoms with van der Waals surface area (Å²) in [4.78, 5) is 20.6. The number of nitrogens with zero attached hydrogens (tertiary/aromatic N) is 2. The van der Waals surface area contributed by atoms with Gasteiger partial charge in [0.2, 0.25) is 5.89 Å². The number of fused-ring (bicyclic) bond motifs is 1. The maximum atomic E-state index is 11.6. The second-order valence-corrected chi connectivity index (χ2v) is 7.07. The fourth-order valence-corrected chi connectivity index (χ4v) is 3.30. The molecule has 32 heavy (non-hydrogen) atoms. The third-order valence-corrected chi connectivity index (χ3v) is 4.95. The first-order chi connectivity index (χ1) is 15.7. The molecule has 0 aliphatic rings. The molecule has 3 aromatic carbocycles. The highest BCUT2D eigenvalue weighted by Gasteiger charge is 2.09. The molecule has 6 heteroatoms. The number of hydrogen-bond acceptors (Lipinski definition) is 6. The number of esters is 1. The van der Waals surface area contributed by atoms with Crippen LogP contribution in [0.25, 0.3) is 33.9 Å². The summed E-state index contributed by atoms with van der Waals surface area (Å²) in [5.41, 5.74) is 4.46. The van der Waals surface area contributed by atoms with Crippen LogP contribution in [-0.2, 0) is 4.74 Å². The maximum absolute atomic E-state index is 11.6. The first-order valence-corrected chi connectivity index (χ1v) is 9.98. The average Bonchev–Trinajstić information content (AvgIpc) is 3.50. The number of methoxy groups -OCH3 is 1. The molecule has 0 aliphatic heterocycles. The van der Waals surface area contributed by atoms with Crippen LogP contribution in [0.15, 0.2) is 98.8 Å². The number of aliphatic imine (C=N–C) groups is 1. The number of carbonyl (C=O) groups is 1. The van der Waals surface area contributed by atoms with E-state index in [1.54, 1.807) is 18.3 Å². The van der Waals surface area contributed by atoms with Crippen molar-refractivity contribution in [3.05, 3.63) is 96.3 Å². The molecule has 0 radical (unpaired) electrons. The SMILES string of the molecule is COC(=O)c1ccc(-c2ccc(C=Nc3ccc4oc(-c5ccccc5)nc4c3)o2)cc1. The van der Waals surface area contributed by atoms with Crippen LogP contribution in [0.1, 0.15) is 16.1 Å². The van der Waals surface area contributed by atoms with E-state index in [4.69, 9.17) is 13.6 Å². The Morgan fingerprint density at radius 2 is 1.72 bits per heavy atom. The molecule has 0 saturated heterocycles. The van der Waals surface area contributed by atoms with Crippen molar-refractivity contribution in [2.75, 3.05) is 7.11 Å². The van der Waals surface area contributed by atoms with Gasteiger partial charge in [0.15, 0.2) is 5.58 Å². The number of furan rings is 1. The Labute approximate surface area is 183 Å². The van der Waals surface area contributed by atoms with E-state index < -0.39 is 0 Å². The number of aromatic nitrogens is 1. The quantitative estimate of drug-likeness (QED) is 0.246. The first kappa shape index (κ1) is 19.5. The molecule has 0 saturated carbocycles. The van der Waals surface area contributed by atoms with E-state index in [0.717, 1.165) is 22.3 Å². The Morgan fingerprint density at radius 3 is 2.50 bits per heavy atom. The van der Waals surface area contributed by atoms with Crippen molar-refractivity contribution < 1.29 is 18.4 Å². The molecule has 156 valence electrons. The monoisotopic (exact) mass is 422 g/mol. The van der Waals surface area contributed by atoms with Crippen molar-refractivity contribution in [2.45, 2.75) is 0 Å². The Morgan fingerprint density at radius 1 is 0.906 bits per heavy atom. The summed E-state index contributed by atoms with van der Waals surface area (Å²) < 4.78 is 16.4. The van der Waals surface area contributed by atoms with Gasteiger partial charge in [0.1, 0.15) is 17.0 Å². The van der Waals surface area contributed by atoms with E-state index in [2.05, 4.69) is 9.98 Å². The highest BCUT2D eigenvalue weighted by molar-refractivity contribution is 5.90. The highest BCUT2D eigenvalue weighted by Crippen LogP contribution is 2.27. The molecule has 6 nitrogen and oxygen atoms in total. The van der Waals surface area contributed by atoms with Gasteiger partial charge in [-0.15, -0.1) is 0 Å². The summed E-state index contributed by atoms with van der Waals surface area (Å²) in [6.45, 7) is 0. The number of hydrogen-bond donors (Lipinski definition) is 0. The van der Waals surface area contributed by atoms with Crippen molar-refractivity contribution >= 4 is 29.0 Å². The largest absolute Gasteiger partial charge is 0.465 e. The minimum Gasteiger partial charge on any atom is -0.465 e. The summed E-state index contributed by atoms with van der Waals surface area (Å²) in [5.74, 6) is 1.50. The van der Waals surface area contributed by atoms with Crippen molar-refractivity contribution in [3.63, 3.8) is 0 Å². The van der Waals surface area contributed by atoms with E-state index >= 15 is 0 Å². The predicted octanol–water partition coefficient (Wildman–Crippen LogP) is 6.29. The minimum atomic E-state index is -0.371. The molecule has 0 N–H and O–H groups in total. The third-order valence-electron chi connectivity index (χ3n) is 4.95. The van der Waals surface area contributed by atoms with Crippen molar-refractivity contribution in [2.24, 2.45) is 4.99 Å². The molecule has 5 rings (SSSR count). The van der Waals surface area contributed by atoms with Gasteiger partial charge in [0.25, 0.3) is 0 Å².